The largest absolute Gasteiger partial charge is 0.394 e. The van der Waals surface area contributed by atoms with E-state index >= 15 is 0 Å². The Morgan fingerprint density at radius 2 is 1.88 bits per heavy atom. The lowest BCUT2D eigenvalue weighted by Crippen LogP contribution is -2.23. The fraction of sp³-hybridized carbons (Fsp3) is 0.320. The van der Waals surface area contributed by atoms with Gasteiger partial charge in [-0.15, -0.1) is 0 Å². The molecule has 4 rings (SSSR count). The highest BCUT2D eigenvalue weighted by Crippen LogP contribution is 2.27. The number of aromatic nitrogens is 4. The molecule has 0 spiro atoms. The van der Waals surface area contributed by atoms with Crippen molar-refractivity contribution in [2.45, 2.75) is 45.8 Å². The summed E-state index contributed by atoms with van der Waals surface area (Å²) in [5.74, 6) is 0.730. The van der Waals surface area contributed by atoms with E-state index in [0.29, 0.717) is 6.54 Å². The van der Waals surface area contributed by atoms with Gasteiger partial charge in [0.15, 0.2) is 5.65 Å². The van der Waals surface area contributed by atoms with Gasteiger partial charge in [-0.2, -0.15) is 0 Å². The quantitative estimate of drug-likeness (QED) is 0.351. The van der Waals surface area contributed by atoms with Gasteiger partial charge in [0.1, 0.15) is 11.3 Å². The third kappa shape index (κ3) is 4.73. The first-order valence-electron chi connectivity index (χ1n) is 11.1. The maximum atomic E-state index is 9.60. The molecule has 3 N–H and O–H groups in total. The molecule has 4 aromatic rings. The summed E-state index contributed by atoms with van der Waals surface area (Å²) in [6.45, 7) is 6.99. The molecule has 0 saturated heterocycles. The van der Waals surface area contributed by atoms with Crippen molar-refractivity contribution in [3.05, 3.63) is 66.6 Å². The van der Waals surface area contributed by atoms with E-state index in [1.807, 2.05) is 37.5 Å². The summed E-state index contributed by atoms with van der Waals surface area (Å²) in [5, 5.41) is 16.5. The number of hydrogen-bond donors (Lipinski definition) is 3. The summed E-state index contributed by atoms with van der Waals surface area (Å²) in [6, 6.07) is 16.5. The van der Waals surface area contributed by atoms with E-state index < -0.39 is 0 Å². The summed E-state index contributed by atoms with van der Waals surface area (Å²) in [6.07, 6.45) is 4.45. The zero-order chi connectivity index (χ0) is 22.5. The third-order valence-corrected chi connectivity index (χ3v) is 5.55. The van der Waals surface area contributed by atoms with Crippen molar-refractivity contribution < 1.29 is 5.11 Å². The van der Waals surface area contributed by atoms with Crippen molar-refractivity contribution in [3.8, 4) is 11.3 Å². The number of pyridine rings is 2. The highest BCUT2D eigenvalue weighted by molar-refractivity contribution is 5.88. The zero-order valence-corrected chi connectivity index (χ0v) is 18.8. The minimum absolute atomic E-state index is 0.0395. The van der Waals surface area contributed by atoms with Crippen LogP contribution in [0.3, 0.4) is 0 Å². The van der Waals surface area contributed by atoms with Crippen LogP contribution in [0.2, 0.25) is 0 Å². The van der Waals surface area contributed by atoms with Crippen LogP contribution in [0.4, 0.5) is 11.5 Å². The maximum absolute atomic E-state index is 9.60. The smallest absolute Gasteiger partial charge is 0.164 e. The van der Waals surface area contributed by atoms with Crippen LogP contribution in [0.25, 0.3) is 22.4 Å². The van der Waals surface area contributed by atoms with Gasteiger partial charge in [0.2, 0.25) is 0 Å². The molecule has 7 nitrogen and oxygen atoms in total. The molecule has 0 aliphatic heterocycles. The predicted molar refractivity (Wildman–Crippen MR) is 130 cm³/mol. The van der Waals surface area contributed by atoms with Gasteiger partial charge >= 0.3 is 0 Å². The Morgan fingerprint density at radius 1 is 1.06 bits per heavy atom. The van der Waals surface area contributed by atoms with E-state index in [4.69, 9.17) is 4.98 Å². The lowest BCUT2D eigenvalue weighted by Gasteiger charge is -2.17. The number of aliphatic hydroxyl groups excluding tert-OH is 1. The van der Waals surface area contributed by atoms with Crippen molar-refractivity contribution in [2.24, 2.45) is 0 Å². The van der Waals surface area contributed by atoms with Crippen LogP contribution in [0.5, 0.6) is 0 Å². The fourth-order valence-corrected chi connectivity index (χ4v) is 3.60. The second-order valence-electron chi connectivity index (χ2n) is 8.17. The first-order valence-corrected chi connectivity index (χ1v) is 11.1. The van der Waals surface area contributed by atoms with Crippen molar-refractivity contribution >= 4 is 22.7 Å². The van der Waals surface area contributed by atoms with E-state index in [1.54, 1.807) is 6.20 Å². The molecule has 0 fully saturated rings. The Morgan fingerprint density at radius 3 is 2.53 bits per heavy atom. The fourth-order valence-electron chi connectivity index (χ4n) is 3.60. The van der Waals surface area contributed by atoms with E-state index in [1.165, 1.54) is 0 Å². The van der Waals surface area contributed by atoms with E-state index in [9.17, 15) is 5.11 Å². The molecule has 7 heteroatoms. The highest BCUT2D eigenvalue weighted by Gasteiger charge is 2.15. The highest BCUT2D eigenvalue weighted by atomic mass is 16.3. The van der Waals surface area contributed by atoms with Crippen molar-refractivity contribution in [2.75, 3.05) is 17.2 Å². The molecule has 3 heterocycles. The molecular formula is C25H30N6O. The van der Waals surface area contributed by atoms with Crippen LogP contribution >= 0.6 is 0 Å². The zero-order valence-electron chi connectivity index (χ0n) is 18.8. The first-order chi connectivity index (χ1) is 15.6. The topological polar surface area (TPSA) is 87.9 Å². The van der Waals surface area contributed by atoms with E-state index in [2.05, 4.69) is 63.3 Å². The van der Waals surface area contributed by atoms with Crippen LogP contribution in [0.15, 0.2) is 61.1 Å². The van der Waals surface area contributed by atoms with Crippen LogP contribution in [-0.2, 0) is 6.54 Å². The number of rotatable bonds is 9. The molecule has 1 aromatic carbocycles. The second kappa shape index (κ2) is 9.78. The Kier molecular flexibility index (Phi) is 6.66. The molecule has 32 heavy (non-hydrogen) atoms. The summed E-state index contributed by atoms with van der Waals surface area (Å²) in [4.78, 5) is 13.8. The molecule has 0 radical (unpaired) electrons. The number of benzene rings is 1. The Hall–Kier alpha value is -3.45. The van der Waals surface area contributed by atoms with Gasteiger partial charge in [0.25, 0.3) is 0 Å². The molecule has 0 amide bonds. The average molecular weight is 431 g/mol. The van der Waals surface area contributed by atoms with Gasteiger partial charge in [-0.25, -0.2) is 9.97 Å². The van der Waals surface area contributed by atoms with E-state index in [-0.39, 0.29) is 18.7 Å². The molecule has 0 aliphatic rings. The number of fused-ring (bicyclic) bond motifs is 1. The van der Waals surface area contributed by atoms with Crippen molar-refractivity contribution in [3.63, 3.8) is 0 Å². The predicted octanol–water partition coefficient (Wildman–Crippen LogP) is 4.87. The monoisotopic (exact) mass is 430 g/mol. The number of anilines is 2. The minimum atomic E-state index is -0.0395. The SMILES string of the molecule is CC[C@H](CO)Nc1cc(NCc2ccc(-c3ccccn3)cc2)c2ncn(C(C)C)c2n1. The van der Waals surface area contributed by atoms with Gasteiger partial charge in [0.05, 0.1) is 30.4 Å². The normalized spacial score (nSPS) is 12.3. The molecule has 0 bridgehead atoms. The van der Waals surface area contributed by atoms with Crippen LogP contribution < -0.4 is 10.6 Å². The van der Waals surface area contributed by atoms with Gasteiger partial charge in [-0.1, -0.05) is 37.3 Å². The summed E-state index contributed by atoms with van der Waals surface area (Å²) >= 11 is 0. The summed E-state index contributed by atoms with van der Waals surface area (Å²) in [7, 11) is 0. The minimum Gasteiger partial charge on any atom is -0.394 e. The number of hydrogen-bond acceptors (Lipinski definition) is 6. The average Bonchev–Trinajstić information content (AvgIpc) is 3.26. The lowest BCUT2D eigenvalue weighted by molar-refractivity contribution is 0.271. The Labute approximate surface area is 188 Å². The van der Waals surface area contributed by atoms with Gasteiger partial charge < -0.3 is 20.3 Å². The molecule has 1 atom stereocenters. The van der Waals surface area contributed by atoms with Gasteiger partial charge in [-0.05, 0) is 38.0 Å². The number of nitrogens with one attached hydrogen (secondary N) is 2. The van der Waals surface area contributed by atoms with Crippen LogP contribution in [-0.4, -0.2) is 37.3 Å². The number of imidazole rings is 1. The van der Waals surface area contributed by atoms with Crippen LogP contribution in [0, 0.1) is 0 Å². The summed E-state index contributed by atoms with van der Waals surface area (Å²) in [5.41, 5.74) is 5.80. The molecule has 0 unspecified atom stereocenters. The second-order valence-corrected chi connectivity index (χ2v) is 8.17. The molecule has 0 aliphatic carbocycles. The maximum Gasteiger partial charge on any atom is 0.164 e. The van der Waals surface area contributed by atoms with Gasteiger partial charge in [0, 0.05) is 30.4 Å². The lowest BCUT2D eigenvalue weighted by atomic mass is 10.1. The van der Waals surface area contributed by atoms with Crippen LogP contribution in [0.1, 0.15) is 38.8 Å². The first kappa shape index (κ1) is 21.8. The standard InChI is InChI=1S/C25H30N6O/c1-4-20(15-32)29-23-13-22(24-25(30-23)31(16-28-24)17(2)3)27-14-18-8-10-19(11-9-18)21-7-5-6-12-26-21/h5-13,16-17,20,32H,4,14-15H2,1-3H3,(H2,27,29,30)/t20-/m1/s1. The number of aliphatic hydroxyl groups is 1. The molecular weight excluding hydrogens is 400 g/mol. The molecule has 0 saturated carbocycles. The molecule has 3 aromatic heterocycles. The van der Waals surface area contributed by atoms with Crippen molar-refractivity contribution in [1.29, 1.82) is 0 Å². The number of nitrogens with zero attached hydrogens (tertiary/aromatic N) is 4. The molecule has 166 valence electrons. The summed E-state index contributed by atoms with van der Waals surface area (Å²) < 4.78 is 2.06. The van der Waals surface area contributed by atoms with Crippen molar-refractivity contribution in [1.82, 2.24) is 19.5 Å². The Balaban J connectivity index is 1.58. The van der Waals surface area contributed by atoms with Gasteiger partial charge in [-0.3, -0.25) is 4.98 Å². The van der Waals surface area contributed by atoms with E-state index in [0.717, 1.165) is 45.9 Å². The Bertz CT molecular complexity index is 1150. The third-order valence-electron chi connectivity index (χ3n) is 5.55.